The summed E-state index contributed by atoms with van der Waals surface area (Å²) in [7, 11) is 5.18. The van der Waals surface area contributed by atoms with Gasteiger partial charge in [0.1, 0.15) is 22.6 Å². The van der Waals surface area contributed by atoms with Crippen LogP contribution in [0.1, 0.15) is 72.7 Å². The van der Waals surface area contributed by atoms with E-state index in [1.54, 1.807) is 52.1 Å². The van der Waals surface area contributed by atoms with Crippen LogP contribution in [0.5, 0.6) is 11.5 Å². The third-order valence-electron chi connectivity index (χ3n) is 9.00. The van der Waals surface area contributed by atoms with Gasteiger partial charge in [0.15, 0.2) is 0 Å². The van der Waals surface area contributed by atoms with Crippen LogP contribution in [0.3, 0.4) is 0 Å². The molecule has 54 heavy (non-hydrogen) atoms. The quantitative estimate of drug-likeness (QED) is 0.131. The number of likely N-dealkylation sites (N-methyl/N-ethyl adjacent to an activating group) is 1. The van der Waals surface area contributed by atoms with Gasteiger partial charge in [-0.15, -0.1) is 0 Å². The molecule has 3 N–H and O–H groups in total. The molecule has 14 nitrogen and oxygen atoms in total. The monoisotopic (exact) mass is 741 g/mol. The van der Waals surface area contributed by atoms with Crippen molar-refractivity contribution in [2.24, 2.45) is 0 Å². The first kappa shape index (κ1) is 39.6. The number of anilines is 3. The number of benzene rings is 3. The Balaban J connectivity index is 1.20. The fraction of sp³-hybridized carbons (Fsp3) is 0.425. The van der Waals surface area contributed by atoms with Crippen molar-refractivity contribution < 1.29 is 33.4 Å². The van der Waals surface area contributed by atoms with Crippen LogP contribution in [0, 0.1) is 6.92 Å². The zero-order valence-corrected chi connectivity index (χ0v) is 32.2. The summed E-state index contributed by atoms with van der Waals surface area (Å²) in [6, 6.07) is 15.5. The second-order valence-corrected chi connectivity index (χ2v) is 14.5. The van der Waals surface area contributed by atoms with Gasteiger partial charge in [-0.3, -0.25) is 19.7 Å². The molecule has 1 saturated heterocycles. The Morgan fingerprint density at radius 1 is 0.926 bits per heavy atom. The van der Waals surface area contributed by atoms with Crippen LogP contribution in [-0.2, 0) is 9.53 Å². The minimum atomic E-state index is -0.683. The lowest BCUT2D eigenvalue weighted by Gasteiger charge is -2.32. The number of methoxy groups -OCH3 is 1. The second-order valence-electron chi connectivity index (χ2n) is 14.5. The van der Waals surface area contributed by atoms with E-state index in [1.165, 1.54) is 24.1 Å². The molecule has 5 rings (SSSR count). The number of imidazole rings is 1. The number of aryl methyl sites for hydroxylation is 1. The Bertz CT molecular complexity index is 1980. The van der Waals surface area contributed by atoms with E-state index in [4.69, 9.17) is 14.2 Å². The Morgan fingerprint density at radius 3 is 2.41 bits per heavy atom. The summed E-state index contributed by atoms with van der Waals surface area (Å²) >= 11 is 0. The molecule has 1 aromatic heterocycles. The number of amides is 4. The van der Waals surface area contributed by atoms with Gasteiger partial charge < -0.3 is 39.2 Å². The number of fused-ring (bicyclic) bond motifs is 1. The Labute approximate surface area is 316 Å². The molecule has 1 fully saturated rings. The van der Waals surface area contributed by atoms with Gasteiger partial charge in [0.25, 0.3) is 11.8 Å². The van der Waals surface area contributed by atoms with Crippen LogP contribution in [0.25, 0.3) is 11.0 Å². The molecule has 1 aliphatic heterocycles. The molecule has 0 bridgehead atoms. The Kier molecular flexibility index (Phi) is 12.8. The van der Waals surface area contributed by atoms with E-state index in [0.717, 1.165) is 51.0 Å². The average molecular weight is 742 g/mol. The molecule has 0 saturated carbocycles. The van der Waals surface area contributed by atoms with E-state index < -0.39 is 17.6 Å². The first-order valence-corrected chi connectivity index (χ1v) is 18.2. The van der Waals surface area contributed by atoms with Crippen molar-refractivity contribution in [2.75, 3.05) is 69.5 Å². The van der Waals surface area contributed by atoms with E-state index in [9.17, 15) is 19.2 Å². The highest BCUT2D eigenvalue weighted by Gasteiger charge is 2.23. The lowest BCUT2D eigenvalue weighted by molar-refractivity contribution is -0.132. The highest BCUT2D eigenvalue weighted by molar-refractivity contribution is 6.11. The summed E-state index contributed by atoms with van der Waals surface area (Å²) in [6.07, 6.45) is 2.31. The molecule has 14 heteroatoms. The minimum Gasteiger partial charge on any atom is -0.496 e. The third kappa shape index (κ3) is 10.3. The molecule has 0 atom stereocenters. The number of carbonyl (C=O) groups is 4. The van der Waals surface area contributed by atoms with Crippen molar-refractivity contribution in [2.45, 2.75) is 59.0 Å². The number of aromatic amines is 1. The molecule has 0 spiro atoms. The number of rotatable bonds is 13. The minimum absolute atomic E-state index is 0.164. The van der Waals surface area contributed by atoms with Gasteiger partial charge in [-0.2, -0.15) is 0 Å². The first-order chi connectivity index (χ1) is 25.7. The van der Waals surface area contributed by atoms with E-state index in [1.807, 2.05) is 30.0 Å². The number of piperazine rings is 1. The number of nitrogens with one attached hydrogen (secondary N) is 3. The van der Waals surface area contributed by atoms with Crippen LogP contribution < -0.4 is 25.0 Å². The van der Waals surface area contributed by atoms with Crippen LogP contribution in [0.2, 0.25) is 0 Å². The largest absolute Gasteiger partial charge is 0.496 e. The SMILES string of the molecule is COc1cc(C(=O)N(C)c2ccc(C)cc2OCCCCCC(=O)N2CCN(C)CC2)ccc1C(=O)Nc1cccc2[nH]c(NC(=O)OC(C)(C)C)nc12. The Hall–Kier alpha value is -5.63. The molecule has 2 heterocycles. The lowest BCUT2D eigenvalue weighted by Crippen LogP contribution is -2.47. The van der Waals surface area contributed by atoms with Gasteiger partial charge in [0.05, 0.1) is 36.2 Å². The predicted molar refractivity (Wildman–Crippen MR) is 209 cm³/mol. The van der Waals surface area contributed by atoms with Crippen molar-refractivity contribution in [3.63, 3.8) is 0 Å². The maximum absolute atomic E-state index is 13.8. The van der Waals surface area contributed by atoms with Crippen molar-refractivity contribution in [3.05, 3.63) is 71.3 Å². The highest BCUT2D eigenvalue weighted by Crippen LogP contribution is 2.32. The topological polar surface area (TPSA) is 158 Å². The fourth-order valence-corrected chi connectivity index (χ4v) is 6.06. The normalized spacial score (nSPS) is 13.4. The van der Waals surface area contributed by atoms with Gasteiger partial charge in [-0.1, -0.05) is 12.1 Å². The van der Waals surface area contributed by atoms with E-state index in [-0.39, 0.29) is 29.1 Å². The van der Waals surface area contributed by atoms with Gasteiger partial charge >= 0.3 is 6.09 Å². The number of hydrogen-bond acceptors (Lipinski definition) is 9. The standard InChI is InChI=1S/C40H51N7O7/c1-26-15-18-31(33(24-26)53-23-10-8-9-14-34(48)47-21-19-45(5)20-22-47)46(6)37(50)27-16-17-28(32(25-27)52-7)36(49)41-29-12-11-13-30-35(29)43-38(42-30)44-39(51)54-40(2,3)4/h11-13,15-18,24-25H,8-10,14,19-23H2,1-7H3,(H,41,49)(H2,42,43,44,51). The zero-order chi connectivity index (χ0) is 39.0. The smallest absolute Gasteiger partial charge is 0.414 e. The number of carbonyl (C=O) groups excluding carboxylic acids is 4. The average Bonchev–Trinajstić information content (AvgIpc) is 3.54. The maximum atomic E-state index is 13.8. The van der Waals surface area contributed by atoms with E-state index >= 15 is 0 Å². The van der Waals surface area contributed by atoms with Gasteiger partial charge in [0.2, 0.25) is 11.9 Å². The number of nitrogens with zero attached hydrogens (tertiary/aromatic N) is 4. The van der Waals surface area contributed by atoms with Crippen molar-refractivity contribution in [1.82, 2.24) is 19.8 Å². The molecule has 3 aromatic carbocycles. The van der Waals surface area contributed by atoms with Crippen LogP contribution in [-0.4, -0.2) is 103 Å². The summed E-state index contributed by atoms with van der Waals surface area (Å²) in [5.41, 5.74) is 2.85. The summed E-state index contributed by atoms with van der Waals surface area (Å²) in [4.78, 5) is 65.3. The van der Waals surface area contributed by atoms with E-state index in [2.05, 4.69) is 32.5 Å². The molecule has 4 aromatic rings. The molecule has 0 aliphatic carbocycles. The molecule has 1 aliphatic rings. The van der Waals surface area contributed by atoms with E-state index in [0.29, 0.717) is 46.7 Å². The molecule has 0 radical (unpaired) electrons. The maximum Gasteiger partial charge on any atom is 0.414 e. The second kappa shape index (κ2) is 17.5. The first-order valence-electron chi connectivity index (χ1n) is 18.2. The highest BCUT2D eigenvalue weighted by atomic mass is 16.6. The Morgan fingerprint density at radius 2 is 1.69 bits per heavy atom. The van der Waals surface area contributed by atoms with Crippen LogP contribution >= 0.6 is 0 Å². The van der Waals surface area contributed by atoms with Crippen molar-refractivity contribution in [3.8, 4) is 11.5 Å². The number of hydrogen-bond donors (Lipinski definition) is 3. The third-order valence-corrected chi connectivity index (χ3v) is 9.00. The molecular weight excluding hydrogens is 690 g/mol. The molecule has 288 valence electrons. The summed E-state index contributed by atoms with van der Waals surface area (Å²) in [5, 5.41) is 5.44. The fourth-order valence-electron chi connectivity index (χ4n) is 6.06. The van der Waals surface area contributed by atoms with Crippen LogP contribution in [0.4, 0.5) is 22.1 Å². The number of ether oxygens (including phenoxy) is 3. The van der Waals surface area contributed by atoms with Crippen molar-refractivity contribution >= 4 is 52.2 Å². The number of aromatic nitrogens is 2. The van der Waals surface area contributed by atoms with Gasteiger partial charge in [-0.05, 0) is 102 Å². The number of para-hydroxylation sites is 1. The van der Waals surface area contributed by atoms with Crippen LogP contribution in [0.15, 0.2) is 54.6 Å². The molecule has 0 unspecified atom stereocenters. The zero-order valence-electron chi connectivity index (χ0n) is 32.2. The summed E-state index contributed by atoms with van der Waals surface area (Å²) in [5.74, 6) is 0.375. The summed E-state index contributed by atoms with van der Waals surface area (Å²) < 4.78 is 17.0. The predicted octanol–water partition coefficient (Wildman–Crippen LogP) is 6.47. The molecular formula is C40H51N7O7. The lowest BCUT2D eigenvalue weighted by atomic mass is 10.1. The van der Waals surface area contributed by atoms with Gasteiger partial charge in [-0.25, -0.2) is 9.78 Å². The van der Waals surface area contributed by atoms with Crippen molar-refractivity contribution in [1.29, 1.82) is 0 Å². The number of unbranched alkanes of at least 4 members (excludes halogenated alkanes) is 2. The van der Waals surface area contributed by atoms with Gasteiger partial charge in [0, 0.05) is 45.2 Å². The molecule has 4 amide bonds. The number of H-pyrrole nitrogens is 1. The summed E-state index contributed by atoms with van der Waals surface area (Å²) in [6.45, 7) is 11.1.